The molecule has 2 heterocycles. The van der Waals surface area contributed by atoms with Crippen molar-refractivity contribution >= 4 is 17.1 Å². The largest absolute Gasteiger partial charge is 0.299 e. The standard InChI is InChI=1S/C16H23N3OS/c1-10-13(11(2)19(6)18-10)7-12(20)8-15-17-14(9-21-15)16(3,4)5/h9H,7-8H2,1-6H3. The van der Waals surface area contributed by atoms with Gasteiger partial charge in [0.25, 0.3) is 0 Å². The maximum atomic E-state index is 12.3. The first-order chi connectivity index (χ1) is 9.68. The molecule has 0 aliphatic rings. The molecule has 0 atom stereocenters. The number of thiazole rings is 1. The highest BCUT2D eigenvalue weighted by atomic mass is 32.1. The van der Waals surface area contributed by atoms with E-state index in [1.54, 1.807) is 11.3 Å². The molecule has 0 aliphatic heterocycles. The summed E-state index contributed by atoms with van der Waals surface area (Å²) < 4.78 is 1.83. The van der Waals surface area contributed by atoms with Gasteiger partial charge in [0.15, 0.2) is 0 Å². The molecule has 0 radical (unpaired) electrons. The SMILES string of the molecule is Cc1nn(C)c(C)c1CC(=O)Cc1nc(C(C)(C)C)cs1. The fraction of sp³-hybridized carbons (Fsp3) is 0.562. The molecule has 2 aromatic heterocycles. The predicted octanol–water partition coefficient (Wildman–Crippen LogP) is 3.15. The van der Waals surface area contributed by atoms with Gasteiger partial charge in [-0.2, -0.15) is 5.10 Å². The van der Waals surface area contributed by atoms with E-state index >= 15 is 0 Å². The van der Waals surface area contributed by atoms with Crippen molar-refractivity contribution < 1.29 is 4.79 Å². The minimum absolute atomic E-state index is 0.0360. The van der Waals surface area contributed by atoms with E-state index in [4.69, 9.17) is 0 Å². The summed E-state index contributed by atoms with van der Waals surface area (Å²) in [6, 6.07) is 0. The molecule has 0 bridgehead atoms. The molecule has 0 saturated carbocycles. The second-order valence-electron chi connectivity index (χ2n) is 6.54. The van der Waals surface area contributed by atoms with Crippen LogP contribution in [0.2, 0.25) is 0 Å². The Balaban J connectivity index is 2.07. The second-order valence-corrected chi connectivity index (χ2v) is 7.48. The van der Waals surface area contributed by atoms with Crippen LogP contribution < -0.4 is 0 Å². The molecular weight excluding hydrogens is 282 g/mol. The van der Waals surface area contributed by atoms with E-state index in [2.05, 4.69) is 36.2 Å². The summed E-state index contributed by atoms with van der Waals surface area (Å²) in [6.45, 7) is 10.4. The molecular formula is C16H23N3OS. The van der Waals surface area contributed by atoms with Crippen LogP contribution in [0.15, 0.2) is 5.38 Å². The van der Waals surface area contributed by atoms with Crippen LogP contribution in [0, 0.1) is 13.8 Å². The first-order valence-corrected chi connectivity index (χ1v) is 8.02. The summed E-state index contributed by atoms with van der Waals surface area (Å²) in [6.07, 6.45) is 0.852. The number of hydrogen-bond donors (Lipinski definition) is 0. The highest BCUT2D eigenvalue weighted by Gasteiger charge is 2.19. The number of aryl methyl sites for hydroxylation is 2. The summed E-state index contributed by atoms with van der Waals surface area (Å²) in [5.41, 5.74) is 4.15. The molecule has 0 spiro atoms. The van der Waals surface area contributed by atoms with Gasteiger partial charge in [-0.05, 0) is 13.8 Å². The van der Waals surface area contributed by atoms with E-state index in [-0.39, 0.29) is 11.2 Å². The Bertz CT molecular complexity index is 662. The average molecular weight is 305 g/mol. The van der Waals surface area contributed by atoms with Crippen LogP contribution in [0.1, 0.15) is 48.4 Å². The lowest BCUT2D eigenvalue weighted by atomic mass is 9.93. The summed E-state index contributed by atoms with van der Waals surface area (Å²) >= 11 is 1.58. The first-order valence-electron chi connectivity index (χ1n) is 7.14. The van der Waals surface area contributed by atoms with Crippen LogP contribution in [-0.2, 0) is 30.1 Å². The van der Waals surface area contributed by atoms with Crippen LogP contribution in [0.4, 0.5) is 0 Å². The molecule has 0 unspecified atom stereocenters. The van der Waals surface area contributed by atoms with Crippen LogP contribution in [0.3, 0.4) is 0 Å². The van der Waals surface area contributed by atoms with E-state index in [1.165, 1.54) is 0 Å². The maximum Gasteiger partial charge on any atom is 0.144 e. The highest BCUT2D eigenvalue weighted by molar-refractivity contribution is 7.09. The van der Waals surface area contributed by atoms with Gasteiger partial charge in [-0.15, -0.1) is 11.3 Å². The van der Waals surface area contributed by atoms with Gasteiger partial charge in [0.1, 0.15) is 10.8 Å². The van der Waals surface area contributed by atoms with E-state index in [9.17, 15) is 4.79 Å². The van der Waals surface area contributed by atoms with Crippen LogP contribution in [-0.4, -0.2) is 20.5 Å². The Morgan fingerprint density at radius 1 is 1.29 bits per heavy atom. The van der Waals surface area contributed by atoms with Gasteiger partial charge in [0.05, 0.1) is 17.8 Å². The molecule has 0 fully saturated rings. The van der Waals surface area contributed by atoms with Gasteiger partial charge in [0.2, 0.25) is 0 Å². The van der Waals surface area contributed by atoms with Crippen molar-refractivity contribution in [3.63, 3.8) is 0 Å². The van der Waals surface area contributed by atoms with Crippen LogP contribution in [0.25, 0.3) is 0 Å². The van der Waals surface area contributed by atoms with Crippen LogP contribution >= 0.6 is 11.3 Å². The molecule has 0 amide bonds. The fourth-order valence-electron chi connectivity index (χ4n) is 2.24. The number of ketones is 1. The molecule has 4 nitrogen and oxygen atoms in total. The molecule has 2 aromatic rings. The van der Waals surface area contributed by atoms with Crippen molar-refractivity contribution in [1.29, 1.82) is 0 Å². The van der Waals surface area contributed by atoms with E-state index in [0.29, 0.717) is 12.8 Å². The highest BCUT2D eigenvalue weighted by Crippen LogP contribution is 2.24. The third-order valence-electron chi connectivity index (χ3n) is 3.70. The summed E-state index contributed by atoms with van der Waals surface area (Å²) in [4.78, 5) is 16.9. The van der Waals surface area contributed by atoms with E-state index in [1.807, 2.05) is 25.6 Å². The lowest BCUT2D eigenvalue weighted by Crippen LogP contribution is -2.12. The third kappa shape index (κ3) is 3.59. The molecule has 0 aliphatic carbocycles. The van der Waals surface area contributed by atoms with Gasteiger partial charge >= 0.3 is 0 Å². The monoisotopic (exact) mass is 305 g/mol. The number of carbonyl (C=O) groups excluding carboxylic acids is 1. The first kappa shape index (κ1) is 15.9. The lowest BCUT2D eigenvalue weighted by molar-refractivity contribution is -0.117. The maximum absolute atomic E-state index is 12.3. The van der Waals surface area contributed by atoms with Gasteiger partial charge < -0.3 is 0 Å². The van der Waals surface area contributed by atoms with Crippen molar-refractivity contribution in [3.05, 3.63) is 33.0 Å². The van der Waals surface area contributed by atoms with Crippen molar-refractivity contribution in [2.75, 3.05) is 0 Å². The zero-order valence-corrected chi connectivity index (χ0v) is 14.5. The van der Waals surface area contributed by atoms with Crippen LogP contribution in [0.5, 0.6) is 0 Å². The van der Waals surface area contributed by atoms with Gasteiger partial charge in [-0.1, -0.05) is 20.8 Å². The smallest absolute Gasteiger partial charge is 0.144 e. The van der Waals surface area contributed by atoms with Gasteiger partial charge in [-0.25, -0.2) is 4.98 Å². The van der Waals surface area contributed by atoms with E-state index < -0.39 is 0 Å². The number of Topliss-reactive ketones (excluding diaryl/α,β-unsaturated/α-hetero) is 1. The Labute approximate surface area is 130 Å². The number of aromatic nitrogens is 3. The third-order valence-corrected chi connectivity index (χ3v) is 4.55. The zero-order valence-electron chi connectivity index (χ0n) is 13.6. The number of carbonyl (C=O) groups is 1. The quantitative estimate of drug-likeness (QED) is 0.872. The van der Waals surface area contributed by atoms with Crippen molar-refractivity contribution in [3.8, 4) is 0 Å². The van der Waals surface area contributed by atoms with Crippen molar-refractivity contribution in [1.82, 2.24) is 14.8 Å². The summed E-state index contributed by atoms with van der Waals surface area (Å²) in [7, 11) is 1.91. The van der Waals surface area contributed by atoms with Crippen molar-refractivity contribution in [2.24, 2.45) is 7.05 Å². The van der Waals surface area contributed by atoms with Crippen molar-refractivity contribution in [2.45, 2.75) is 52.9 Å². The number of nitrogens with zero attached hydrogens (tertiary/aromatic N) is 3. The molecule has 0 aromatic carbocycles. The van der Waals surface area contributed by atoms with Gasteiger partial charge in [0, 0.05) is 35.5 Å². The zero-order chi connectivity index (χ0) is 15.8. The molecule has 114 valence electrons. The Morgan fingerprint density at radius 2 is 1.95 bits per heavy atom. The molecule has 2 rings (SSSR count). The predicted molar refractivity (Wildman–Crippen MR) is 85.9 cm³/mol. The Kier molecular flexibility index (Phi) is 4.33. The minimum Gasteiger partial charge on any atom is -0.299 e. The average Bonchev–Trinajstić information content (AvgIpc) is 2.90. The normalized spacial score (nSPS) is 11.9. The number of rotatable bonds is 4. The molecule has 21 heavy (non-hydrogen) atoms. The Morgan fingerprint density at radius 3 is 2.43 bits per heavy atom. The molecule has 0 saturated heterocycles. The summed E-state index contributed by atoms with van der Waals surface area (Å²) in [5.74, 6) is 0.198. The molecule has 5 heteroatoms. The second kappa shape index (κ2) is 5.72. The minimum atomic E-state index is 0.0360. The van der Waals surface area contributed by atoms with E-state index in [0.717, 1.165) is 27.7 Å². The summed E-state index contributed by atoms with van der Waals surface area (Å²) in [5, 5.41) is 7.32. The topological polar surface area (TPSA) is 47.8 Å². The lowest BCUT2D eigenvalue weighted by Gasteiger charge is -2.14. The molecule has 0 N–H and O–H groups in total. The van der Waals surface area contributed by atoms with Gasteiger partial charge in [-0.3, -0.25) is 9.48 Å². The number of hydrogen-bond acceptors (Lipinski definition) is 4. The fourth-order valence-corrected chi connectivity index (χ4v) is 3.29. The Hall–Kier alpha value is -1.49.